The minimum absolute atomic E-state index is 0.0202. The van der Waals surface area contributed by atoms with Crippen molar-refractivity contribution in [3.05, 3.63) is 18.2 Å². The number of aliphatic hydroxyl groups is 1. The number of hydrogen-bond acceptors (Lipinski definition) is 3. The van der Waals surface area contributed by atoms with Crippen molar-refractivity contribution in [3.63, 3.8) is 0 Å². The predicted octanol–water partition coefficient (Wildman–Crippen LogP) is 1.78. The lowest BCUT2D eigenvalue weighted by molar-refractivity contribution is -0.125. The number of nitrogens with zero attached hydrogens (tertiary/aromatic N) is 2. The highest BCUT2D eigenvalue weighted by molar-refractivity contribution is 5.77. The lowest BCUT2D eigenvalue weighted by Gasteiger charge is -2.21. The summed E-state index contributed by atoms with van der Waals surface area (Å²) in [5.74, 6) is 1.01. The number of aromatic nitrogens is 2. The first-order valence-corrected chi connectivity index (χ1v) is 7.56. The Balaban J connectivity index is 1.56. The fourth-order valence-corrected chi connectivity index (χ4v) is 2.85. The maximum Gasteiger partial charge on any atom is 0.222 e. The van der Waals surface area contributed by atoms with Crippen molar-refractivity contribution in [1.82, 2.24) is 14.9 Å². The van der Waals surface area contributed by atoms with E-state index in [2.05, 4.69) is 14.9 Å². The highest BCUT2D eigenvalue weighted by Crippen LogP contribution is 2.32. The standard InChI is InChI=1S/C15H25N3O2/c1-13-16-9-11-18(13)10-5-4-8-17-14(19)12-15(20)6-2-3-7-15/h9,11,20H,2-8,10,12H2,1H3,(H,17,19). The quantitative estimate of drug-likeness (QED) is 0.748. The van der Waals surface area contributed by atoms with Crippen LogP contribution < -0.4 is 5.32 Å². The smallest absolute Gasteiger partial charge is 0.222 e. The molecule has 1 aliphatic rings. The third-order valence-corrected chi connectivity index (χ3v) is 4.10. The molecular formula is C15H25N3O2. The summed E-state index contributed by atoms with van der Waals surface area (Å²) in [5.41, 5.74) is -0.738. The molecule has 1 aliphatic carbocycles. The number of unbranched alkanes of at least 4 members (excludes halogenated alkanes) is 1. The van der Waals surface area contributed by atoms with E-state index in [1.807, 2.05) is 13.1 Å². The van der Waals surface area contributed by atoms with Crippen molar-refractivity contribution in [2.45, 2.75) is 64.0 Å². The van der Waals surface area contributed by atoms with Crippen LogP contribution in [0.5, 0.6) is 0 Å². The summed E-state index contributed by atoms with van der Waals surface area (Å²) in [6.45, 7) is 3.61. The number of hydrogen-bond donors (Lipinski definition) is 2. The van der Waals surface area contributed by atoms with Crippen LogP contribution in [0.15, 0.2) is 12.4 Å². The van der Waals surface area contributed by atoms with Crippen LogP contribution in [0, 0.1) is 6.92 Å². The first kappa shape index (κ1) is 15.0. The van der Waals surface area contributed by atoms with Gasteiger partial charge in [0.25, 0.3) is 0 Å². The van der Waals surface area contributed by atoms with Crippen LogP contribution in [-0.4, -0.2) is 32.7 Å². The maximum atomic E-state index is 11.8. The molecule has 1 saturated carbocycles. The Bertz CT molecular complexity index is 436. The van der Waals surface area contributed by atoms with Crippen LogP contribution in [0.4, 0.5) is 0 Å². The van der Waals surface area contributed by atoms with E-state index in [9.17, 15) is 9.90 Å². The largest absolute Gasteiger partial charge is 0.389 e. The summed E-state index contributed by atoms with van der Waals surface area (Å²) in [4.78, 5) is 15.9. The number of aryl methyl sites for hydroxylation is 2. The summed E-state index contributed by atoms with van der Waals surface area (Å²) in [5, 5.41) is 13.1. The van der Waals surface area contributed by atoms with Gasteiger partial charge >= 0.3 is 0 Å². The Kier molecular flexibility index (Phi) is 5.17. The summed E-state index contributed by atoms with van der Waals surface area (Å²) in [7, 11) is 0. The second-order valence-corrected chi connectivity index (χ2v) is 5.83. The molecule has 5 heteroatoms. The molecule has 2 N–H and O–H groups in total. The zero-order chi connectivity index (χ0) is 14.4. The van der Waals surface area contributed by atoms with Gasteiger partial charge in [-0.15, -0.1) is 0 Å². The number of rotatable bonds is 7. The fourth-order valence-electron chi connectivity index (χ4n) is 2.85. The molecular weight excluding hydrogens is 254 g/mol. The van der Waals surface area contributed by atoms with Crippen molar-refractivity contribution < 1.29 is 9.90 Å². The summed E-state index contributed by atoms with van der Waals surface area (Å²) >= 11 is 0. The first-order valence-electron chi connectivity index (χ1n) is 7.56. The minimum Gasteiger partial charge on any atom is -0.389 e. The van der Waals surface area contributed by atoms with E-state index in [0.717, 1.165) is 50.9 Å². The van der Waals surface area contributed by atoms with Gasteiger partial charge in [-0.2, -0.15) is 0 Å². The van der Waals surface area contributed by atoms with Crippen molar-refractivity contribution in [1.29, 1.82) is 0 Å². The minimum atomic E-state index is -0.738. The van der Waals surface area contributed by atoms with Gasteiger partial charge < -0.3 is 15.0 Å². The molecule has 0 spiro atoms. The molecule has 1 amide bonds. The molecule has 0 saturated heterocycles. The number of amides is 1. The molecule has 0 aliphatic heterocycles. The Morgan fingerprint density at radius 2 is 2.20 bits per heavy atom. The van der Waals surface area contributed by atoms with Gasteiger partial charge in [-0.05, 0) is 32.6 Å². The number of imidazole rings is 1. The normalized spacial score (nSPS) is 17.3. The van der Waals surface area contributed by atoms with Gasteiger partial charge in [0.15, 0.2) is 0 Å². The maximum absolute atomic E-state index is 11.8. The van der Waals surface area contributed by atoms with Crippen LogP contribution in [0.25, 0.3) is 0 Å². The summed E-state index contributed by atoms with van der Waals surface area (Å²) in [6, 6.07) is 0. The molecule has 5 nitrogen and oxygen atoms in total. The van der Waals surface area contributed by atoms with Crippen molar-refractivity contribution >= 4 is 5.91 Å². The molecule has 0 radical (unpaired) electrons. The van der Waals surface area contributed by atoms with E-state index >= 15 is 0 Å². The average molecular weight is 279 g/mol. The third kappa shape index (κ3) is 4.34. The Morgan fingerprint density at radius 1 is 1.45 bits per heavy atom. The zero-order valence-electron chi connectivity index (χ0n) is 12.3. The molecule has 0 aromatic carbocycles. The predicted molar refractivity (Wildman–Crippen MR) is 77.2 cm³/mol. The number of carbonyl (C=O) groups is 1. The van der Waals surface area contributed by atoms with E-state index in [0.29, 0.717) is 6.54 Å². The SMILES string of the molecule is Cc1nccn1CCCCNC(=O)CC1(O)CCCC1. The molecule has 0 unspecified atom stereocenters. The molecule has 2 rings (SSSR count). The first-order chi connectivity index (χ1) is 9.59. The van der Waals surface area contributed by atoms with Gasteiger partial charge in [0.1, 0.15) is 5.82 Å². The molecule has 1 heterocycles. The second-order valence-electron chi connectivity index (χ2n) is 5.83. The van der Waals surface area contributed by atoms with Crippen LogP contribution in [0.2, 0.25) is 0 Å². The van der Waals surface area contributed by atoms with Gasteiger partial charge in [0.05, 0.1) is 12.0 Å². The van der Waals surface area contributed by atoms with Gasteiger partial charge in [0.2, 0.25) is 5.91 Å². The topological polar surface area (TPSA) is 67.2 Å². The molecule has 0 bridgehead atoms. The number of nitrogens with one attached hydrogen (secondary N) is 1. The van der Waals surface area contributed by atoms with Crippen LogP contribution in [-0.2, 0) is 11.3 Å². The molecule has 0 atom stereocenters. The van der Waals surface area contributed by atoms with Crippen molar-refractivity contribution in [2.75, 3.05) is 6.54 Å². The second kappa shape index (κ2) is 6.88. The van der Waals surface area contributed by atoms with E-state index in [1.54, 1.807) is 6.20 Å². The Labute approximate surface area is 120 Å². The molecule has 1 aromatic rings. The molecule has 20 heavy (non-hydrogen) atoms. The zero-order valence-corrected chi connectivity index (χ0v) is 12.3. The lowest BCUT2D eigenvalue weighted by atomic mass is 9.98. The van der Waals surface area contributed by atoms with Crippen molar-refractivity contribution in [3.8, 4) is 0 Å². The fraction of sp³-hybridized carbons (Fsp3) is 0.733. The Morgan fingerprint density at radius 3 is 2.85 bits per heavy atom. The highest BCUT2D eigenvalue weighted by Gasteiger charge is 2.33. The van der Waals surface area contributed by atoms with Crippen LogP contribution >= 0.6 is 0 Å². The van der Waals surface area contributed by atoms with Crippen LogP contribution in [0.3, 0.4) is 0 Å². The molecule has 112 valence electrons. The Hall–Kier alpha value is -1.36. The van der Waals surface area contributed by atoms with Gasteiger partial charge in [-0.3, -0.25) is 4.79 Å². The average Bonchev–Trinajstić information content (AvgIpc) is 2.98. The monoisotopic (exact) mass is 279 g/mol. The van der Waals surface area contributed by atoms with E-state index in [-0.39, 0.29) is 12.3 Å². The van der Waals surface area contributed by atoms with Gasteiger partial charge in [0, 0.05) is 25.5 Å². The summed E-state index contributed by atoms with van der Waals surface area (Å²) < 4.78 is 2.11. The van der Waals surface area contributed by atoms with Crippen LogP contribution in [0.1, 0.15) is 50.8 Å². The van der Waals surface area contributed by atoms with E-state index in [4.69, 9.17) is 0 Å². The highest BCUT2D eigenvalue weighted by atomic mass is 16.3. The van der Waals surface area contributed by atoms with Gasteiger partial charge in [-0.1, -0.05) is 12.8 Å². The van der Waals surface area contributed by atoms with E-state index < -0.39 is 5.60 Å². The third-order valence-electron chi connectivity index (χ3n) is 4.10. The van der Waals surface area contributed by atoms with Gasteiger partial charge in [-0.25, -0.2) is 4.98 Å². The van der Waals surface area contributed by atoms with E-state index in [1.165, 1.54) is 0 Å². The molecule has 1 fully saturated rings. The molecule has 1 aromatic heterocycles. The lowest BCUT2D eigenvalue weighted by Crippen LogP contribution is -2.35. The van der Waals surface area contributed by atoms with Crippen molar-refractivity contribution in [2.24, 2.45) is 0 Å². The summed E-state index contributed by atoms with van der Waals surface area (Å²) in [6.07, 6.45) is 9.60. The number of carbonyl (C=O) groups excluding carboxylic acids is 1.